The van der Waals surface area contributed by atoms with Gasteiger partial charge in [-0.25, -0.2) is 8.42 Å². The Hall–Kier alpha value is -2.66. The predicted molar refractivity (Wildman–Crippen MR) is 136 cm³/mol. The number of ether oxygens (including phenoxy) is 2. The summed E-state index contributed by atoms with van der Waals surface area (Å²) in [7, 11) is 2.83. The lowest BCUT2D eigenvalue weighted by atomic mass is 10.1. The van der Waals surface area contributed by atoms with Crippen molar-refractivity contribution in [3.05, 3.63) is 58.6 Å². The topological polar surface area (TPSA) is 91.7 Å². The molecule has 0 N–H and O–H groups in total. The highest BCUT2D eigenvalue weighted by atomic mass is 35.5. The van der Waals surface area contributed by atoms with Gasteiger partial charge in [0.05, 0.1) is 25.3 Å². The minimum atomic E-state index is -3.81. The minimum absolute atomic E-state index is 0.0176. The lowest BCUT2D eigenvalue weighted by Gasteiger charge is -2.20. The second kappa shape index (κ2) is 11.9. The SMILES string of the molecule is COc1ccc(S(=O)(=O)N(C)CCOCC(=O)N(C)Cc2ccc(C3=NCCN3C)cc2)c(Cl)c1. The largest absolute Gasteiger partial charge is 0.497 e. The van der Waals surface area contributed by atoms with Crippen LogP contribution in [0.5, 0.6) is 5.75 Å². The third-order valence-corrected chi connectivity index (χ3v) is 8.06. The lowest BCUT2D eigenvalue weighted by molar-refractivity contribution is -0.135. The van der Waals surface area contributed by atoms with E-state index in [0.717, 1.165) is 34.4 Å². The van der Waals surface area contributed by atoms with E-state index in [1.807, 2.05) is 31.3 Å². The monoisotopic (exact) mass is 522 g/mol. The van der Waals surface area contributed by atoms with Crippen LogP contribution >= 0.6 is 11.6 Å². The first kappa shape index (κ1) is 26.9. The van der Waals surface area contributed by atoms with Gasteiger partial charge < -0.3 is 19.3 Å². The van der Waals surface area contributed by atoms with Crippen molar-refractivity contribution in [3.8, 4) is 5.75 Å². The first-order valence-electron chi connectivity index (χ1n) is 11.1. The van der Waals surface area contributed by atoms with Gasteiger partial charge in [-0.05, 0) is 17.7 Å². The molecule has 0 saturated carbocycles. The standard InChI is InChI=1S/C24H31ClN4O5S/c1-27-12-11-26-24(27)19-7-5-18(6-8-19)16-28(2)23(30)17-34-14-13-29(3)35(31,32)22-10-9-20(33-4)15-21(22)25/h5-10,15H,11-14,16-17H2,1-4H3. The van der Waals surface area contributed by atoms with Crippen LogP contribution in [0, 0.1) is 0 Å². The molecule has 0 fully saturated rings. The fourth-order valence-corrected chi connectivity index (χ4v) is 5.19. The Morgan fingerprint density at radius 3 is 2.49 bits per heavy atom. The Kier molecular flexibility index (Phi) is 9.12. The quantitative estimate of drug-likeness (QED) is 0.421. The first-order chi connectivity index (χ1) is 16.6. The van der Waals surface area contributed by atoms with Crippen molar-refractivity contribution in [2.75, 3.05) is 61.1 Å². The van der Waals surface area contributed by atoms with Crippen LogP contribution in [0.4, 0.5) is 0 Å². The van der Waals surface area contributed by atoms with Crippen LogP contribution in [0.15, 0.2) is 52.4 Å². The van der Waals surface area contributed by atoms with E-state index in [9.17, 15) is 13.2 Å². The van der Waals surface area contributed by atoms with E-state index in [1.54, 1.807) is 11.9 Å². The second-order valence-corrected chi connectivity index (χ2v) is 10.7. The van der Waals surface area contributed by atoms with Gasteiger partial charge in [-0.15, -0.1) is 0 Å². The average molecular weight is 523 g/mol. The number of carbonyl (C=O) groups excluding carboxylic acids is 1. The van der Waals surface area contributed by atoms with Crippen molar-refractivity contribution in [1.82, 2.24) is 14.1 Å². The summed E-state index contributed by atoms with van der Waals surface area (Å²) in [5, 5.41) is 0.0743. The maximum atomic E-state index is 12.8. The Morgan fingerprint density at radius 2 is 1.89 bits per heavy atom. The molecule has 1 heterocycles. The van der Waals surface area contributed by atoms with E-state index in [4.69, 9.17) is 21.1 Å². The van der Waals surface area contributed by atoms with Crippen molar-refractivity contribution in [3.63, 3.8) is 0 Å². The van der Waals surface area contributed by atoms with Gasteiger partial charge in [0, 0.05) is 52.4 Å². The van der Waals surface area contributed by atoms with Gasteiger partial charge in [-0.3, -0.25) is 9.79 Å². The fraction of sp³-hybridized carbons (Fsp3) is 0.417. The van der Waals surface area contributed by atoms with Gasteiger partial charge in [0.25, 0.3) is 0 Å². The summed E-state index contributed by atoms with van der Waals surface area (Å²) in [5.74, 6) is 1.25. The highest BCUT2D eigenvalue weighted by Crippen LogP contribution is 2.28. The van der Waals surface area contributed by atoms with E-state index in [0.29, 0.717) is 12.3 Å². The van der Waals surface area contributed by atoms with Gasteiger partial charge in [-0.1, -0.05) is 35.9 Å². The van der Waals surface area contributed by atoms with Gasteiger partial charge in [0.2, 0.25) is 15.9 Å². The van der Waals surface area contributed by atoms with Crippen LogP contribution in [0.1, 0.15) is 11.1 Å². The third kappa shape index (κ3) is 6.72. The third-order valence-electron chi connectivity index (χ3n) is 5.72. The van der Waals surface area contributed by atoms with Crippen LogP contribution in [0.2, 0.25) is 5.02 Å². The Labute approximate surface area is 211 Å². The molecule has 0 spiro atoms. The summed E-state index contributed by atoms with van der Waals surface area (Å²) in [6, 6.07) is 12.4. The molecule has 2 aromatic rings. The molecule has 0 saturated heterocycles. The van der Waals surface area contributed by atoms with E-state index in [-0.39, 0.29) is 35.6 Å². The highest BCUT2D eigenvalue weighted by molar-refractivity contribution is 7.89. The van der Waals surface area contributed by atoms with Crippen LogP contribution in [-0.4, -0.2) is 95.4 Å². The Morgan fingerprint density at radius 1 is 1.17 bits per heavy atom. The Balaban J connectivity index is 1.45. The van der Waals surface area contributed by atoms with E-state index >= 15 is 0 Å². The summed E-state index contributed by atoms with van der Waals surface area (Å²) in [6.07, 6.45) is 0. The van der Waals surface area contributed by atoms with Crippen LogP contribution < -0.4 is 4.74 Å². The molecule has 0 bridgehead atoms. The molecule has 190 valence electrons. The van der Waals surface area contributed by atoms with Crippen molar-refractivity contribution in [2.45, 2.75) is 11.4 Å². The minimum Gasteiger partial charge on any atom is -0.497 e. The summed E-state index contributed by atoms with van der Waals surface area (Å²) in [5.41, 5.74) is 2.05. The molecule has 9 nitrogen and oxygen atoms in total. The number of methoxy groups -OCH3 is 1. The first-order valence-corrected chi connectivity index (χ1v) is 12.9. The summed E-state index contributed by atoms with van der Waals surface area (Å²) in [6.45, 7) is 2.16. The molecule has 0 atom stereocenters. The molecule has 2 aromatic carbocycles. The number of hydrogen-bond acceptors (Lipinski definition) is 7. The fourth-order valence-electron chi connectivity index (χ4n) is 3.53. The normalized spacial score (nSPS) is 13.8. The molecule has 1 aliphatic heterocycles. The second-order valence-electron chi connectivity index (χ2n) is 8.25. The van der Waals surface area contributed by atoms with Crippen LogP contribution in [-0.2, 0) is 26.1 Å². The number of rotatable bonds is 11. The molecular formula is C24H31ClN4O5S. The Bertz CT molecular complexity index is 1170. The number of halogens is 1. The van der Waals surface area contributed by atoms with Crippen LogP contribution in [0.25, 0.3) is 0 Å². The molecule has 1 aliphatic rings. The molecule has 11 heteroatoms. The number of carbonyl (C=O) groups is 1. The van der Waals surface area contributed by atoms with Crippen molar-refractivity contribution in [2.24, 2.45) is 4.99 Å². The predicted octanol–water partition coefficient (Wildman–Crippen LogP) is 2.34. The molecule has 35 heavy (non-hydrogen) atoms. The van der Waals surface area contributed by atoms with Gasteiger partial charge in [-0.2, -0.15) is 4.31 Å². The van der Waals surface area contributed by atoms with Gasteiger partial charge in [0.1, 0.15) is 23.1 Å². The van der Waals surface area contributed by atoms with E-state index in [1.165, 1.54) is 32.4 Å². The number of sulfonamides is 1. The maximum Gasteiger partial charge on any atom is 0.248 e. The smallest absolute Gasteiger partial charge is 0.248 e. The van der Waals surface area contributed by atoms with Gasteiger partial charge >= 0.3 is 0 Å². The maximum absolute atomic E-state index is 12.8. The molecule has 1 amide bonds. The number of nitrogens with zero attached hydrogens (tertiary/aromatic N) is 4. The lowest BCUT2D eigenvalue weighted by Crippen LogP contribution is -2.33. The molecule has 0 unspecified atom stereocenters. The molecule has 0 radical (unpaired) electrons. The van der Waals surface area contributed by atoms with Crippen LogP contribution in [0.3, 0.4) is 0 Å². The molecule has 0 aromatic heterocycles. The van der Waals surface area contributed by atoms with E-state index < -0.39 is 10.0 Å². The number of likely N-dealkylation sites (N-methyl/N-ethyl adjacent to an activating group) is 3. The number of hydrogen-bond donors (Lipinski definition) is 0. The summed E-state index contributed by atoms with van der Waals surface area (Å²) >= 11 is 6.11. The average Bonchev–Trinajstić information content (AvgIpc) is 3.27. The highest BCUT2D eigenvalue weighted by Gasteiger charge is 2.24. The molecule has 3 rings (SSSR count). The number of benzene rings is 2. The zero-order valence-corrected chi connectivity index (χ0v) is 22.0. The molecule has 0 aliphatic carbocycles. The summed E-state index contributed by atoms with van der Waals surface area (Å²) < 4.78 is 37.2. The van der Waals surface area contributed by atoms with Gasteiger partial charge in [0.15, 0.2) is 0 Å². The number of aliphatic imine (C=N–C) groups is 1. The van der Waals surface area contributed by atoms with E-state index in [2.05, 4.69) is 9.89 Å². The van der Waals surface area contributed by atoms with Crippen molar-refractivity contribution >= 4 is 33.4 Å². The molecular weight excluding hydrogens is 492 g/mol. The number of amidine groups is 1. The number of amides is 1. The summed E-state index contributed by atoms with van der Waals surface area (Å²) in [4.78, 5) is 20.6. The zero-order chi connectivity index (χ0) is 25.6. The van der Waals surface area contributed by atoms with Crippen molar-refractivity contribution in [1.29, 1.82) is 0 Å². The van der Waals surface area contributed by atoms with Crippen molar-refractivity contribution < 1.29 is 22.7 Å². The zero-order valence-electron chi connectivity index (χ0n) is 20.4.